The number of aromatic nitrogens is 4. The van der Waals surface area contributed by atoms with Crippen LogP contribution in [0.1, 0.15) is 13.2 Å². The van der Waals surface area contributed by atoms with Gasteiger partial charge in [0, 0.05) is 0 Å². The summed E-state index contributed by atoms with van der Waals surface area (Å²) in [6.07, 6.45) is -3.84. The number of hydrogen-bond donors (Lipinski definition) is 7. The summed E-state index contributed by atoms with van der Waals surface area (Å²) in [5.41, 5.74) is 9.95. The first-order chi connectivity index (χ1) is 15.5. The molecule has 2 aliphatic heterocycles. The van der Waals surface area contributed by atoms with E-state index in [2.05, 4.69) is 23.6 Å². The van der Waals surface area contributed by atoms with Gasteiger partial charge < -0.3 is 45.6 Å². The molecule has 2 aromatic heterocycles. The molecule has 34 heavy (non-hydrogen) atoms. The van der Waals surface area contributed by atoms with Crippen LogP contribution in [0.25, 0.3) is 11.2 Å². The Morgan fingerprint density at radius 2 is 1.85 bits per heavy atom. The van der Waals surface area contributed by atoms with E-state index in [1.165, 1.54) is 17.8 Å². The Bertz CT molecular complexity index is 1270. The molecule has 0 aliphatic carbocycles. The van der Waals surface area contributed by atoms with Crippen molar-refractivity contribution in [3.63, 3.8) is 0 Å². The lowest BCUT2D eigenvalue weighted by molar-refractivity contribution is -0.202. The number of nitrogens with zero attached hydrogens (tertiary/aromatic N) is 4. The number of anilines is 2. The van der Waals surface area contributed by atoms with Gasteiger partial charge in [-0.3, -0.25) is 9.09 Å². The number of nitrogen functional groups attached to an aromatic ring is 2. The summed E-state index contributed by atoms with van der Waals surface area (Å²) in [5.74, 6) is -0.172. The standard InChI is InChI=1S/C12H19N6O13P3/c1-4(29-33(23,24)31-34(25,26)30-32(20,21)22)12-2-27-6(7(12)19)10(28-12)18-3-15-5-8(13)16-11(14)17-9(5)18/h3-4,6-7,10,19H,2H2,1H3,(H,23,24)(H,25,26)(H2,20,21,22)(H4,13,14,16,17)/t4?,6-,7+,10-,12-/m1/s1. The first-order valence-corrected chi connectivity index (χ1v) is 13.6. The fraction of sp³-hybridized carbons (Fsp3) is 0.583. The maximum absolute atomic E-state index is 12.2. The van der Waals surface area contributed by atoms with Crippen molar-refractivity contribution in [3.8, 4) is 0 Å². The van der Waals surface area contributed by atoms with Crippen molar-refractivity contribution in [1.82, 2.24) is 19.5 Å². The highest BCUT2D eigenvalue weighted by Gasteiger charge is 2.65. The highest BCUT2D eigenvalue weighted by molar-refractivity contribution is 7.66. The first kappa shape index (κ1) is 25.5. The van der Waals surface area contributed by atoms with E-state index in [9.17, 15) is 28.6 Å². The highest BCUT2D eigenvalue weighted by atomic mass is 31.3. The third-order valence-corrected chi connectivity index (χ3v) is 8.98. The molecular weight excluding hydrogens is 529 g/mol. The van der Waals surface area contributed by atoms with Crippen molar-refractivity contribution >= 4 is 46.4 Å². The third-order valence-electron chi connectivity index (χ3n) is 5.07. The number of fused-ring (bicyclic) bond motifs is 3. The molecular formula is C12H19N6O13P3. The molecule has 0 amide bonds. The molecule has 4 rings (SSSR count). The SMILES string of the molecule is CC(OP(=O)(O)OP(=O)(O)OP(=O)(O)O)[C@@]12CO[C@@H]([C@H](n3cnc4c(N)nc(N)nc43)O1)[C@@H]2O. The van der Waals surface area contributed by atoms with Gasteiger partial charge in [-0.2, -0.15) is 18.6 Å². The molecule has 7 atom stereocenters. The van der Waals surface area contributed by atoms with Gasteiger partial charge in [-0.15, -0.1) is 0 Å². The predicted molar refractivity (Wildman–Crippen MR) is 107 cm³/mol. The minimum Gasteiger partial charge on any atom is -0.387 e. The van der Waals surface area contributed by atoms with Crippen molar-refractivity contribution in [1.29, 1.82) is 0 Å². The molecule has 22 heteroatoms. The second-order valence-corrected chi connectivity index (χ2v) is 11.7. The molecule has 190 valence electrons. The monoisotopic (exact) mass is 548 g/mol. The van der Waals surface area contributed by atoms with E-state index in [4.69, 9.17) is 35.3 Å². The number of phosphoric acid groups is 3. The van der Waals surface area contributed by atoms with E-state index >= 15 is 0 Å². The number of rotatable bonds is 8. The van der Waals surface area contributed by atoms with Gasteiger partial charge in [0.15, 0.2) is 17.7 Å². The number of aliphatic hydroxyl groups is 1. The first-order valence-electron chi connectivity index (χ1n) is 9.09. The maximum atomic E-state index is 12.2. The minimum absolute atomic E-state index is 0.0124. The second-order valence-electron chi connectivity index (χ2n) is 7.31. The van der Waals surface area contributed by atoms with Crippen LogP contribution in [0.3, 0.4) is 0 Å². The lowest BCUT2D eigenvalue weighted by Crippen LogP contribution is -2.50. The zero-order valence-corrected chi connectivity index (χ0v) is 19.6. The van der Waals surface area contributed by atoms with Gasteiger partial charge in [0.05, 0.1) is 12.9 Å². The zero-order chi connectivity index (χ0) is 25.3. The molecule has 2 aromatic rings. The Morgan fingerprint density at radius 3 is 2.50 bits per heavy atom. The summed E-state index contributed by atoms with van der Waals surface area (Å²) < 4.78 is 59.6. The Hall–Kier alpha value is -1.56. The van der Waals surface area contributed by atoms with Crippen LogP contribution in [0.5, 0.6) is 0 Å². The second kappa shape index (κ2) is 8.25. The molecule has 3 unspecified atom stereocenters. The molecule has 0 radical (unpaired) electrons. The van der Waals surface area contributed by atoms with E-state index in [1.54, 1.807) is 0 Å². The summed E-state index contributed by atoms with van der Waals surface area (Å²) in [6.45, 7) is 0.831. The molecule has 0 spiro atoms. The Kier molecular flexibility index (Phi) is 6.19. The Balaban J connectivity index is 1.57. The predicted octanol–water partition coefficient (Wildman–Crippen LogP) is -1.25. The fourth-order valence-electron chi connectivity index (χ4n) is 3.71. The largest absolute Gasteiger partial charge is 0.490 e. The van der Waals surface area contributed by atoms with Crippen LogP contribution in [0.2, 0.25) is 0 Å². The fourth-order valence-corrected chi connectivity index (χ4v) is 6.95. The van der Waals surface area contributed by atoms with Crippen LogP contribution in [-0.4, -0.2) is 74.7 Å². The smallest absolute Gasteiger partial charge is 0.387 e. The van der Waals surface area contributed by atoms with E-state index in [0.29, 0.717) is 0 Å². The molecule has 0 aromatic carbocycles. The summed E-state index contributed by atoms with van der Waals surface area (Å²) in [4.78, 5) is 48.3. The summed E-state index contributed by atoms with van der Waals surface area (Å²) >= 11 is 0. The summed E-state index contributed by atoms with van der Waals surface area (Å²) in [5, 5.41) is 10.8. The maximum Gasteiger partial charge on any atom is 0.490 e. The molecule has 2 aliphatic rings. The normalized spacial score (nSPS) is 31.4. The molecule has 4 heterocycles. The van der Waals surface area contributed by atoms with Gasteiger partial charge in [0.2, 0.25) is 5.95 Å². The quantitative estimate of drug-likeness (QED) is 0.190. The van der Waals surface area contributed by atoms with Gasteiger partial charge in [-0.05, 0) is 6.92 Å². The van der Waals surface area contributed by atoms with Crippen LogP contribution in [0.4, 0.5) is 11.8 Å². The van der Waals surface area contributed by atoms with E-state index in [0.717, 1.165) is 0 Å². The molecule has 2 fully saturated rings. The van der Waals surface area contributed by atoms with Crippen molar-refractivity contribution in [3.05, 3.63) is 6.33 Å². The third kappa shape index (κ3) is 4.64. The van der Waals surface area contributed by atoms with Gasteiger partial charge in [-0.25, -0.2) is 18.7 Å². The van der Waals surface area contributed by atoms with Gasteiger partial charge >= 0.3 is 23.5 Å². The lowest BCUT2D eigenvalue weighted by atomic mass is 9.94. The van der Waals surface area contributed by atoms with Gasteiger partial charge in [0.25, 0.3) is 0 Å². The van der Waals surface area contributed by atoms with E-state index in [-0.39, 0.29) is 29.5 Å². The van der Waals surface area contributed by atoms with Crippen LogP contribution in [-0.2, 0) is 36.3 Å². The van der Waals surface area contributed by atoms with Crippen molar-refractivity contribution in [2.75, 3.05) is 18.1 Å². The number of hydrogen-bond acceptors (Lipinski definition) is 14. The Morgan fingerprint density at radius 1 is 1.18 bits per heavy atom. The highest BCUT2D eigenvalue weighted by Crippen LogP contribution is 2.67. The number of ether oxygens (including phenoxy) is 2. The summed E-state index contributed by atoms with van der Waals surface area (Å²) in [7, 11) is -16.8. The average Bonchev–Trinajstić information content (AvgIpc) is 3.28. The lowest BCUT2D eigenvalue weighted by Gasteiger charge is -2.35. The molecule has 19 nitrogen and oxygen atoms in total. The van der Waals surface area contributed by atoms with Gasteiger partial charge in [0.1, 0.15) is 29.4 Å². The van der Waals surface area contributed by atoms with Crippen molar-refractivity contribution in [2.24, 2.45) is 0 Å². The van der Waals surface area contributed by atoms with Crippen LogP contribution >= 0.6 is 23.5 Å². The summed E-state index contributed by atoms with van der Waals surface area (Å²) in [6, 6.07) is 0. The van der Waals surface area contributed by atoms with E-state index < -0.39 is 53.6 Å². The zero-order valence-electron chi connectivity index (χ0n) is 16.9. The topological polar surface area (TPSA) is 294 Å². The molecule has 0 saturated carbocycles. The van der Waals surface area contributed by atoms with Gasteiger partial charge in [-0.1, -0.05) is 0 Å². The van der Waals surface area contributed by atoms with Crippen LogP contribution in [0, 0.1) is 0 Å². The number of nitrogens with two attached hydrogens (primary N) is 2. The Labute approximate surface area is 189 Å². The molecule has 2 bridgehead atoms. The molecule has 9 N–H and O–H groups in total. The minimum atomic E-state index is -5.73. The van der Waals surface area contributed by atoms with Crippen molar-refractivity contribution in [2.45, 2.75) is 37.1 Å². The number of phosphoric ester groups is 1. The van der Waals surface area contributed by atoms with Crippen LogP contribution < -0.4 is 11.5 Å². The molecule has 2 saturated heterocycles. The van der Waals surface area contributed by atoms with E-state index in [1.807, 2.05) is 0 Å². The average molecular weight is 548 g/mol. The van der Waals surface area contributed by atoms with Crippen molar-refractivity contribution < 1.29 is 61.0 Å². The number of imidazole rings is 1. The number of aliphatic hydroxyl groups excluding tert-OH is 1. The van der Waals surface area contributed by atoms with Crippen LogP contribution in [0.15, 0.2) is 6.33 Å².